The normalized spacial score (nSPS) is 15.2. The average Bonchev–Trinajstić information content (AvgIpc) is 2.66. The lowest BCUT2D eigenvalue weighted by Crippen LogP contribution is -2.43. The number of hydrogen-bond acceptors (Lipinski definition) is 5. The number of benzene rings is 1. The van der Waals surface area contributed by atoms with Crippen molar-refractivity contribution >= 4 is 33.6 Å². The molecular weight excluding hydrogens is 375 g/mol. The standard InChI is InChI=1S/C21H23FN4O3/c1-21(2,3)26-11-14(20(28)29)18(27)13-8-12-9-15(22)17(10-16(12)24-19(13)26)25-6-4-23-5-7-25/h8-11,23H,4-7H2,1-3H3,(H,28,29). The van der Waals surface area contributed by atoms with Gasteiger partial charge in [0.25, 0.3) is 0 Å². The first-order valence-electron chi connectivity index (χ1n) is 9.56. The molecule has 0 aliphatic carbocycles. The highest BCUT2D eigenvalue weighted by atomic mass is 19.1. The quantitative estimate of drug-likeness (QED) is 0.645. The van der Waals surface area contributed by atoms with E-state index in [1.807, 2.05) is 25.7 Å². The lowest BCUT2D eigenvalue weighted by Gasteiger charge is -2.30. The Balaban J connectivity index is 2.03. The van der Waals surface area contributed by atoms with Crippen molar-refractivity contribution in [1.82, 2.24) is 14.9 Å². The van der Waals surface area contributed by atoms with Gasteiger partial charge in [0.2, 0.25) is 5.43 Å². The van der Waals surface area contributed by atoms with Gasteiger partial charge in [-0.25, -0.2) is 14.2 Å². The second-order valence-corrected chi connectivity index (χ2v) is 8.31. The number of nitrogens with zero attached hydrogens (tertiary/aromatic N) is 3. The summed E-state index contributed by atoms with van der Waals surface area (Å²) in [6.07, 6.45) is 1.34. The molecule has 0 spiro atoms. The van der Waals surface area contributed by atoms with Crippen molar-refractivity contribution in [2.75, 3.05) is 31.1 Å². The van der Waals surface area contributed by atoms with Crippen LogP contribution < -0.4 is 15.6 Å². The third-order valence-corrected chi connectivity index (χ3v) is 5.25. The van der Waals surface area contributed by atoms with E-state index in [-0.39, 0.29) is 16.8 Å². The van der Waals surface area contributed by atoms with Crippen molar-refractivity contribution < 1.29 is 14.3 Å². The number of halogens is 1. The molecule has 2 aromatic heterocycles. The van der Waals surface area contributed by atoms with Gasteiger partial charge in [-0.3, -0.25) is 4.79 Å². The summed E-state index contributed by atoms with van der Waals surface area (Å²) in [4.78, 5) is 31.0. The summed E-state index contributed by atoms with van der Waals surface area (Å²) in [6, 6.07) is 4.62. The highest BCUT2D eigenvalue weighted by molar-refractivity contribution is 5.97. The summed E-state index contributed by atoms with van der Waals surface area (Å²) < 4.78 is 16.5. The maximum Gasteiger partial charge on any atom is 0.341 e. The van der Waals surface area contributed by atoms with Gasteiger partial charge in [-0.2, -0.15) is 0 Å². The number of carboxylic acid groups (broad SMARTS) is 1. The van der Waals surface area contributed by atoms with Crippen molar-refractivity contribution in [3.8, 4) is 0 Å². The summed E-state index contributed by atoms with van der Waals surface area (Å²) in [5.41, 5.74) is -0.0120. The number of pyridine rings is 2. The molecule has 0 unspecified atom stereocenters. The first kappa shape index (κ1) is 19.3. The molecule has 7 nitrogen and oxygen atoms in total. The summed E-state index contributed by atoms with van der Waals surface area (Å²) >= 11 is 0. The van der Waals surface area contributed by atoms with Crippen LogP contribution in [0.5, 0.6) is 0 Å². The van der Waals surface area contributed by atoms with Gasteiger partial charge in [-0.05, 0) is 39.0 Å². The van der Waals surface area contributed by atoms with Gasteiger partial charge < -0.3 is 19.9 Å². The number of anilines is 1. The molecule has 1 aromatic carbocycles. The molecule has 1 saturated heterocycles. The lowest BCUT2D eigenvalue weighted by molar-refractivity contribution is 0.0694. The van der Waals surface area contributed by atoms with Crippen LogP contribution in [0.15, 0.2) is 29.2 Å². The van der Waals surface area contributed by atoms with Crippen LogP contribution in [0.3, 0.4) is 0 Å². The SMILES string of the molecule is CC(C)(C)n1cc(C(=O)O)c(=O)c2cc3cc(F)c(N4CCNCC4)cc3nc21. The van der Waals surface area contributed by atoms with E-state index in [4.69, 9.17) is 0 Å². The number of rotatable bonds is 2. The average molecular weight is 398 g/mol. The van der Waals surface area contributed by atoms with Crippen LogP contribution in [0, 0.1) is 5.82 Å². The Morgan fingerprint density at radius 2 is 1.90 bits per heavy atom. The van der Waals surface area contributed by atoms with Crippen LogP contribution in [-0.2, 0) is 5.54 Å². The van der Waals surface area contributed by atoms with Crippen LogP contribution >= 0.6 is 0 Å². The smallest absolute Gasteiger partial charge is 0.341 e. The van der Waals surface area contributed by atoms with Crippen molar-refractivity contribution in [3.63, 3.8) is 0 Å². The van der Waals surface area contributed by atoms with Crippen LogP contribution in [0.1, 0.15) is 31.1 Å². The van der Waals surface area contributed by atoms with Crippen molar-refractivity contribution in [3.05, 3.63) is 46.0 Å². The van der Waals surface area contributed by atoms with Crippen molar-refractivity contribution in [2.24, 2.45) is 0 Å². The molecule has 3 aromatic rings. The molecule has 8 heteroatoms. The van der Waals surface area contributed by atoms with Crippen LogP contribution in [0.2, 0.25) is 0 Å². The van der Waals surface area contributed by atoms with Gasteiger partial charge in [-0.15, -0.1) is 0 Å². The van der Waals surface area contributed by atoms with Gasteiger partial charge >= 0.3 is 5.97 Å². The number of piperazine rings is 1. The van der Waals surface area contributed by atoms with Gasteiger partial charge in [0.05, 0.1) is 16.6 Å². The Morgan fingerprint density at radius 3 is 2.52 bits per heavy atom. The van der Waals surface area contributed by atoms with E-state index in [0.29, 0.717) is 35.3 Å². The molecular formula is C21H23FN4O3. The number of fused-ring (bicyclic) bond motifs is 2. The van der Waals surface area contributed by atoms with E-state index in [9.17, 15) is 19.1 Å². The first-order valence-corrected chi connectivity index (χ1v) is 9.56. The fourth-order valence-corrected chi connectivity index (χ4v) is 3.73. The molecule has 0 saturated carbocycles. The molecule has 29 heavy (non-hydrogen) atoms. The summed E-state index contributed by atoms with van der Waals surface area (Å²) in [5.74, 6) is -1.68. The third-order valence-electron chi connectivity index (χ3n) is 5.25. The molecule has 0 bridgehead atoms. The maximum absolute atomic E-state index is 14.8. The minimum atomic E-state index is -1.30. The molecule has 1 aliphatic rings. The maximum atomic E-state index is 14.8. The monoisotopic (exact) mass is 398 g/mol. The first-order chi connectivity index (χ1) is 13.7. The largest absolute Gasteiger partial charge is 0.477 e. The van der Waals surface area contributed by atoms with Crippen molar-refractivity contribution in [1.29, 1.82) is 0 Å². The van der Waals surface area contributed by atoms with Crippen LogP contribution in [0.25, 0.3) is 21.9 Å². The van der Waals surface area contributed by atoms with E-state index in [1.165, 1.54) is 12.3 Å². The highest BCUT2D eigenvalue weighted by Gasteiger charge is 2.23. The Bertz CT molecular complexity index is 1190. The number of hydrogen-bond donors (Lipinski definition) is 2. The van der Waals surface area contributed by atoms with E-state index >= 15 is 0 Å². The third kappa shape index (κ3) is 3.33. The molecule has 1 fully saturated rings. The van der Waals surface area contributed by atoms with E-state index in [0.717, 1.165) is 13.1 Å². The molecule has 4 rings (SSSR count). The minimum absolute atomic E-state index is 0.168. The number of aromatic nitrogens is 2. The zero-order valence-corrected chi connectivity index (χ0v) is 16.6. The predicted octanol–water partition coefficient (Wildman–Crippen LogP) is 2.55. The van der Waals surface area contributed by atoms with Gasteiger partial charge in [0.15, 0.2) is 0 Å². The minimum Gasteiger partial charge on any atom is -0.477 e. The number of carbonyl (C=O) groups is 1. The number of aromatic carboxylic acids is 1. The molecule has 0 radical (unpaired) electrons. The number of carboxylic acids is 1. The zero-order valence-electron chi connectivity index (χ0n) is 16.6. The fraction of sp³-hybridized carbons (Fsp3) is 0.381. The van der Waals surface area contributed by atoms with E-state index in [2.05, 4.69) is 10.3 Å². The van der Waals surface area contributed by atoms with Crippen LogP contribution in [0.4, 0.5) is 10.1 Å². The van der Waals surface area contributed by atoms with E-state index < -0.39 is 16.9 Å². The number of nitrogens with one attached hydrogen (secondary N) is 1. The molecule has 2 N–H and O–H groups in total. The topological polar surface area (TPSA) is 87.5 Å². The molecule has 3 heterocycles. The Kier molecular flexibility index (Phi) is 4.53. The summed E-state index contributed by atoms with van der Waals surface area (Å²) in [6.45, 7) is 8.69. The Labute approximate surface area is 166 Å². The van der Waals surface area contributed by atoms with Gasteiger partial charge in [0, 0.05) is 43.3 Å². The Morgan fingerprint density at radius 1 is 1.21 bits per heavy atom. The van der Waals surface area contributed by atoms with Crippen molar-refractivity contribution in [2.45, 2.75) is 26.3 Å². The summed E-state index contributed by atoms with van der Waals surface area (Å²) in [7, 11) is 0. The highest BCUT2D eigenvalue weighted by Crippen LogP contribution is 2.29. The second-order valence-electron chi connectivity index (χ2n) is 8.31. The predicted molar refractivity (Wildman–Crippen MR) is 111 cm³/mol. The zero-order chi connectivity index (χ0) is 20.9. The second kappa shape index (κ2) is 6.81. The fourth-order valence-electron chi connectivity index (χ4n) is 3.73. The van der Waals surface area contributed by atoms with Gasteiger partial charge in [-0.1, -0.05) is 0 Å². The van der Waals surface area contributed by atoms with E-state index in [1.54, 1.807) is 16.7 Å². The van der Waals surface area contributed by atoms with Gasteiger partial charge in [0.1, 0.15) is 17.0 Å². The molecule has 152 valence electrons. The molecule has 0 amide bonds. The molecule has 1 aliphatic heterocycles. The summed E-state index contributed by atoms with van der Waals surface area (Å²) in [5, 5.41) is 13.3. The van der Waals surface area contributed by atoms with Crippen LogP contribution in [-0.4, -0.2) is 46.8 Å². The lowest BCUT2D eigenvalue weighted by atomic mass is 10.0. The Hall–Kier alpha value is -3.00. The molecule has 0 atom stereocenters.